The molecule has 10 heteroatoms. The molecule has 1 fully saturated rings. The summed E-state index contributed by atoms with van der Waals surface area (Å²) in [4.78, 5) is 17.7. The minimum atomic E-state index is -0.671. The molecule has 0 aromatic heterocycles. The Kier molecular flexibility index (Phi) is 11.1. The van der Waals surface area contributed by atoms with Crippen molar-refractivity contribution in [1.82, 2.24) is 4.90 Å². The van der Waals surface area contributed by atoms with Gasteiger partial charge >= 0.3 is 0 Å². The van der Waals surface area contributed by atoms with Crippen LogP contribution in [-0.4, -0.2) is 53.1 Å². The van der Waals surface area contributed by atoms with Gasteiger partial charge in [0.05, 0.1) is 10.5 Å². The second-order valence-corrected chi connectivity index (χ2v) is 5.56. The molecule has 1 heterocycles. The Hall–Kier alpha value is -1.61. The summed E-state index contributed by atoms with van der Waals surface area (Å²) < 4.78 is 0. The molecule has 0 spiro atoms. The van der Waals surface area contributed by atoms with Gasteiger partial charge in [0.1, 0.15) is 12.7 Å². The summed E-state index contributed by atoms with van der Waals surface area (Å²) in [6.07, 6.45) is 2.86. The molecule has 142 valence electrons. The number of aliphatic hydroxyl groups is 1. The number of amidine groups is 1. The van der Waals surface area contributed by atoms with Crippen molar-refractivity contribution in [1.29, 1.82) is 0 Å². The SMILES string of the molecule is Cl.Cl.N/C(=N/OCC(O)CN1CCCCC1)c1ccccc1[N+](=O)[O-]. The van der Waals surface area contributed by atoms with Crippen molar-refractivity contribution in [3.8, 4) is 0 Å². The number of oxime groups is 1. The molecular formula is C15H24Cl2N4O4. The quantitative estimate of drug-likeness (QED) is 0.316. The molecule has 0 bridgehead atoms. The molecule has 1 aromatic rings. The third-order valence-corrected chi connectivity index (χ3v) is 3.72. The number of aliphatic hydroxyl groups excluding tert-OH is 1. The third-order valence-electron chi connectivity index (χ3n) is 3.72. The van der Waals surface area contributed by atoms with E-state index in [2.05, 4.69) is 10.1 Å². The van der Waals surface area contributed by atoms with Crippen molar-refractivity contribution < 1.29 is 14.9 Å². The normalized spacial score (nSPS) is 16.3. The topological polar surface area (TPSA) is 114 Å². The molecule has 1 aromatic carbocycles. The largest absolute Gasteiger partial charge is 0.391 e. The molecule has 0 radical (unpaired) electrons. The number of nitro benzene ring substituents is 1. The Balaban J connectivity index is 0.00000288. The van der Waals surface area contributed by atoms with Gasteiger partial charge in [-0.05, 0) is 32.0 Å². The first-order valence-corrected chi connectivity index (χ1v) is 7.67. The molecule has 0 saturated carbocycles. The first-order chi connectivity index (χ1) is 11.1. The summed E-state index contributed by atoms with van der Waals surface area (Å²) in [5.74, 6) is -0.0810. The predicted molar refractivity (Wildman–Crippen MR) is 101 cm³/mol. The van der Waals surface area contributed by atoms with Gasteiger partial charge < -0.3 is 20.6 Å². The number of rotatable bonds is 7. The lowest BCUT2D eigenvalue weighted by molar-refractivity contribution is -0.385. The van der Waals surface area contributed by atoms with Crippen molar-refractivity contribution >= 4 is 36.3 Å². The molecule has 0 amide bonds. The van der Waals surface area contributed by atoms with Gasteiger partial charge in [-0.15, -0.1) is 24.8 Å². The molecule has 0 aliphatic carbocycles. The number of halogens is 2. The third kappa shape index (κ3) is 7.43. The van der Waals surface area contributed by atoms with Crippen LogP contribution in [0.3, 0.4) is 0 Å². The maximum atomic E-state index is 10.9. The number of piperidine rings is 1. The number of β-amino-alcohol motifs (C(OH)–C–C–N with tert-alkyl or cyclic N) is 1. The van der Waals surface area contributed by atoms with Crippen LogP contribution in [0.4, 0.5) is 5.69 Å². The monoisotopic (exact) mass is 394 g/mol. The number of hydrogen-bond acceptors (Lipinski definition) is 6. The Morgan fingerprint density at radius 1 is 1.32 bits per heavy atom. The highest BCUT2D eigenvalue weighted by Crippen LogP contribution is 2.17. The minimum absolute atomic E-state index is 0. The smallest absolute Gasteiger partial charge is 0.280 e. The van der Waals surface area contributed by atoms with Crippen LogP contribution in [0, 0.1) is 10.1 Å². The zero-order valence-corrected chi connectivity index (χ0v) is 15.4. The van der Waals surface area contributed by atoms with Crippen molar-refractivity contribution in [2.75, 3.05) is 26.2 Å². The number of benzene rings is 1. The van der Waals surface area contributed by atoms with Gasteiger partial charge in [0.25, 0.3) is 5.69 Å². The fourth-order valence-corrected chi connectivity index (χ4v) is 2.58. The number of likely N-dealkylation sites (tertiary alicyclic amines) is 1. The first kappa shape index (κ1) is 23.4. The summed E-state index contributed by atoms with van der Waals surface area (Å²) in [7, 11) is 0. The van der Waals surface area contributed by atoms with Gasteiger partial charge in [-0.2, -0.15) is 0 Å². The molecule has 3 N–H and O–H groups in total. The number of nitrogens with zero attached hydrogens (tertiary/aromatic N) is 3. The van der Waals surface area contributed by atoms with Crippen LogP contribution >= 0.6 is 24.8 Å². The van der Waals surface area contributed by atoms with Gasteiger partial charge in [0.2, 0.25) is 0 Å². The number of nitrogens with two attached hydrogens (primary N) is 1. The van der Waals surface area contributed by atoms with E-state index in [9.17, 15) is 15.2 Å². The van der Waals surface area contributed by atoms with Crippen LogP contribution in [0.1, 0.15) is 24.8 Å². The van der Waals surface area contributed by atoms with E-state index in [1.807, 2.05) is 0 Å². The second-order valence-electron chi connectivity index (χ2n) is 5.56. The summed E-state index contributed by atoms with van der Waals surface area (Å²) in [5.41, 5.74) is 5.80. The molecule has 1 saturated heterocycles. The first-order valence-electron chi connectivity index (χ1n) is 7.67. The standard InChI is InChI=1S/C15H22N4O4.2ClH/c16-15(13-6-2-3-7-14(13)19(21)22)17-23-11-12(20)10-18-8-4-1-5-9-18;;/h2-3,6-7,12,20H,1,4-5,8-11H2,(H2,16,17);2*1H. The maximum absolute atomic E-state index is 10.9. The fraction of sp³-hybridized carbons (Fsp3) is 0.533. The molecule has 25 heavy (non-hydrogen) atoms. The van der Waals surface area contributed by atoms with Gasteiger partial charge in [-0.25, -0.2) is 0 Å². The van der Waals surface area contributed by atoms with Crippen LogP contribution < -0.4 is 5.73 Å². The van der Waals surface area contributed by atoms with E-state index in [4.69, 9.17) is 10.6 Å². The van der Waals surface area contributed by atoms with Crippen LogP contribution in [0.15, 0.2) is 29.4 Å². The van der Waals surface area contributed by atoms with Gasteiger partial charge in [-0.3, -0.25) is 10.1 Å². The van der Waals surface area contributed by atoms with Gasteiger partial charge in [-0.1, -0.05) is 23.7 Å². The van der Waals surface area contributed by atoms with Gasteiger partial charge in [0, 0.05) is 12.6 Å². The van der Waals surface area contributed by atoms with Crippen LogP contribution in [0.5, 0.6) is 0 Å². The summed E-state index contributed by atoms with van der Waals surface area (Å²) in [5, 5.41) is 24.6. The summed E-state index contributed by atoms with van der Waals surface area (Å²) >= 11 is 0. The Labute approximate surface area is 159 Å². The molecular weight excluding hydrogens is 371 g/mol. The molecule has 1 atom stereocenters. The van der Waals surface area contributed by atoms with E-state index in [-0.39, 0.29) is 48.5 Å². The number of para-hydroxylation sites is 1. The molecule has 1 unspecified atom stereocenters. The van der Waals surface area contributed by atoms with Crippen molar-refractivity contribution in [2.45, 2.75) is 25.4 Å². The van der Waals surface area contributed by atoms with Gasteiger partial charge in [0.15, 0.2) is 5.84 Å². The highest BCUT2D eigenvalue weighted by molar-refractivity contribution is 6.00. The Bertz CT molecular complexity index is 568. The van der Waals surface area contributed by atoms with Crippen LogP contribution in [0.25, 0.3) is 0 Å². The average molecular weight is 395 g/mol. The van der Waals surface area contributed by atoms with E-state index in [0.29, 0.717) is 6.54 Å². The molecule has 1 aliphatic rings. The average Bonchev–Trinajstić information content (AvgIpc) is 2.55. The van der Waals surface area contributed by atoms with E-state index in [1.165, 1.54) is 18.6 Å². The zero-order chi connectivity index (χ0) is 16.7. The van der Waals surface area contributed by atoms with Crippen LogP contribution in [-0.2, 0) is 4.84 Å². The highest BCUT2D eigenvalue weighted by atomic mass is 35.5. The van der Waals surface area contributed by atoms with Crippen molar-refractivity contribution in [2.24, 2.45) is 10.9 Å². The maximum Gasteiger partial charge on any atom is 0.280 e. The summed E-state index contributed by atoms with van der Waals surface area (Å²) in [6.45, 7) is 2.50. The number of hydrogen-bond donors (Lipinski definition) is 2. The lowest BCUT2D eigenvalue weighted by Crippen LogP contribution is -2.38. The molecule has 2 rings (SSSR count). The second kappa shape index (κ2) is 11.9. The van der Waals surface area contributed by atoms with E-state index in [1.54, 1.807) is 12.1 Å². The number of nitro groups is 1. The van der Waals surface area contributed by atoms with Crippen molar-refractivity contribution in [3.63, 3.8) is 0 Å². The van der Waals surface area contributed by atoms with E-state index in [0.717, 1.165) is 25.9 Å². The zero-order valence-electron chi connectivity index (χ0n) is 13.7. The van der Waals surface area contributed by atoms with Crippen molar-refractivity contribution in [3.05, 3.63) is 39.9 Å². The Morgan fingerprint density at radius 3 is 2.60 bits per heavy atom. The minimum Gasteiger partial charge on any atom is -0.391 e. The fourth-order valence-electron chi connectivity index (χ4n) is 2.58. The highest BCUT2D eigenvalue weighted by Gasteiger charge is 2.17. The lowest BCUT2D eigenvalue weighted by atomic mass is 10.1. The lowest BCUT2D eigenvalue weighted by Gasteiger charge is -2.27. The van der Waals surface area contributed by atoms with E-state index >= 15 is 0 Å². The van der Waals surface area contributed by atoms with E-state index < -0.39 is 11.0 Å². The predicted octanol–water partition coefficient (Wildman–Crippen LogP) is 1.92. The summed E-state index contributed by atoms with van der Waals surface area (Å²) in [6, 6.07) is 6.04. The molecule has 8 nitrogen and oxygen atoms in total. The van der Waals surface area contributed by atoms with Crippen LogP contribution in [0.2, 0.25) is 0 Å². The molecule has 1 aliphatic heterocycles. The Morgan fingerprint density at radius 2 is 1.96 bits per heavy atom.